The first-order valence-corrected chi connectivity index (χ1v) is 7.47. The van der Waals surface area contributed by atoms with Crippen LogP contribution >= 0.6 is 11.3 Å². The van der Waals surface area contributed by atoms with Gasteiger partial charge in [0, 0.05) is 4.88 Å². The standard InChI is InChI=1S/C13H19N3O4S/c1-2-4-9(10-5-3-6-21-10)16-13(20)15-7-11(17)14-8-12(18)19/h3,5-6,9H,2,4,7-8H2,1H3,(H,14,17)(H,18,19)(H2,15,16,20). The minimum atomic E-state index is -1.13. The monoisotopic (exact) mass is 313 g/mol. The van der Waals surface area contributed by atoms with Crippen LogP contribution in [0.5, 0.6) is 0 Å². The molecule has 1 heterocycles. The topological polar surface area (TPSA) is 108 Å². The molecule has 1 unspecified atom stereocenters. The summed E-state index contributed by atoms with van der Waals surface area (Å²) in [6.07, 6.45) is 1.72. The van der Waals surface area contributed by atoms with Crippen molar-refractivity contribution in [1.82, 2.24) is 16.0 Å². The second-order valence-electron chi connectivity index (χ2n) is 4.35. The van der Waals surface area contributed by atoms with E-state index in [4.69, 9.17) is 5.11 Å². The molecule has 7 nitrogen and oxygen atoms in total. The van der Waals surface area contributed by atoms with Gasteiger partial charge in [-0.25, -0.2) is 4.79 Å². The molecule has 1 aromatic rings. The lowest BCUT2D eigenvalue weighted by molar-refractivity contribution is -0.137. The van der Waals surface area contributed by atoms with E-state index in [-0.39, 0.29) is 12.6 Å². The van der Waals surface area contributed by atoms with Crippen molar-refractivity contribution in [1.29, 1.82) is 0 Å². The summed E-state index contributed by atoms with van der Waals surface area (Å²) < 4.78 is 0. The van der Waals surface area contributed by atoms with E-state index in [1.807, 2.05) is 24.4 Å². The number of carboxylic acid groups (broad SMARTS) is 1. The van der Waals surface area contributed by atoms with Crippen LogP contribution in [0.4, 0.5) is 4.79 Å². The highest BCUT2D eigenvalue weighted by molar-refractivity contribution is 7.10. The van der Waals surface area contributed by atoms with E-state index in [0.29, 0.717) is 0 Å². The summed E-state index contributed by atoms with van der Waals surface area (Å²) in [7, 11) is 0. The summed E-state index contributed by atoms with van der Waals surface area (Å²) in [6, 6.07) is 3.33. The second-order valence-corrected chi connectivity index (χ2v) is 5.33. The molecule has 0 aromatic carbocycles. The fraction of sp³-hybridized carbons (Fsp3) is 0.462. The van der Waals surface area contributed by atoms with E-state index in [1.54, 1.807) is 11.3 Å². The van der Waals surface area contributed by atoms with Gasteiger partial charge < -0.3 is 21.1 Å². The summed E-state index contributed by atoms with van der Waals surface area (Å²) in [4.78, 5) is 34.4. The number of aliphatic carboxylic acids is 1. The fourth-order valence-corrected chi connectivity index (χ4v) is 2.48. The first-order valence-electron chi connectivity index (χ1n) is 6.59. The lowest BCUT2D eigenvalue weighted by Crippen LogP contribution is -2.44. The predicted molar refractivity (Wildman–Crippen MR) is 79.1 cm³/mol. The number of hydrogen-bond donors (Lipinski definition) is 4. The van der Waals surface area contributed by atoms with Crippen molar-refractivity contribution in [2.45, 2.75) is 25.8 Å². The van der Waals surface area contributed by atoms with E-state index < -0.39 is 24.5 Å². The molecular formula is C13H19N3O4S. The maximum Gasteiger partial charge on any atom is 0.322 e. The van der Waals surface area contributed by atoms with Crippen LogP contribution in [0.3, 0.4) is 0 Å². The van der Waals surface area contributed by atoms with Crippen LogP contribution < -0.4 is 16.0 Å². The van der Waals surface area contributed by atoms with Crippen LogP contribution in [0.1, 0.15) is 30.7 Å². The van der Waals surface area contributed by atoms with Gasteiger partial charge in [-0.3, -0.25) is 9.59 Å². The van der Waals surface area contributed by atoms with E-state index in [0.717, 1.165) is 17.7 Å². The number of carbonyl (C=O) groups excluding carboxylic acids is 2. The van der Waals surface area contributed by atoms with Crippen molar-refractivity contribution in [3.63, 3.8) is 0 Å². The Morgan fingerprint density at radius 3 is 2.62 bits per heavy atom. The summed E-state index contributed by atoms with van der Waals surface area (Å²) in [5.41, 5.74) is 0. The van der Waals surface area contributed by atoms with Crippen molar-refractivity contribution < 1.29 is 19.5 Å². The zero-order valence-corrected chi connectivity index (χ0v) is 12.5. The van der Waals surface area contributed by atoms with E-state index >= 15 is 0 Å². The Morgan fingerprint density at radius 2 is 2.05 bits per heavy atom. The second kappa shape index (κ2) is 8.96. The van der Waals surface area contributed by atoms with Crippen LogP contribution in [0.25, 0.3) is 0 Å². The van der Waals surface area contributed by atoms with Crippen molar-refractivity contribution in [2.75, 3.05) is 13.1 Å². The van der Waals surface area contributed by atoms with Crippen molar-refractivity contribution in [3.05, 3.63) is 22.4 Å². The summed E-state index contributed by atoms with van der Waals surface area (Å²) in [5, 5.41) is 17.7. The van der Waals surface area contributed by atoms with Gasteiger partial charge in [0.15, 0.2) is 0 Å². The summed E-state index contributed by atoms with van der Waals surface area (Å²) in [5.74, 6) is -1.68. The Balaban J connectivity index is 2.37. The van der Waals surface area contributed by atoms with Gasteiger partial charge in [0.2, 0.25) is 5.91 Å². The van der Waals surface area contributed by atoms with Gasteiger partial charge >= 0.3 is 12.0 Å². The predicted octanol–water partition coefficient (Wildman–Crippen LogP) is 1.09. The van der Waals surface area contributed by atoms with E-state index in [9.17, 15) is 14.4 Å². The van der Waals surface area contributed by atoms with Gasteiger partial charge in [0.25, 0.3) is 0 Å². The van der Waals surface area contributed by atoms with E-state index in [2.05, 4.69) is 16.0 Å². The highest BCUT2D eigenvalue weighted by atomic mass is 32.1. The molecule has 0 fully saturated rings. The maximum atomic E-state index is 11.8. The number of urea groups is 1. The Kier molecular flexibility index (Phi) is 7.24. The average molecular weight is 313 g/mol. The highest BCUT2D eigenvalue weighted by Crippen LogP contribution is 2.22. The van der Waals surface area contributed by atoms with Crippen LogP contribution in [-0.2, 0) is 9.59 Å². The molecule has 0 aliphatic rings. The Labute approximate surface area is 126 Å². The molecule has 0 aliphatic carbocycles. The third kappa shape index (κ3) is 6.75. The largest absolute Gasteiger partial charge is 0.480 e. The molecule has 3 amide bonds. The minimum Gasteiger partial charge on any atom is -0.480 e. The molecule has 0 spiro atoms. The number of hydrogen-bond acceptors (Lipinski definition) is 4. The number of carboxylic acids is 1. The molecule has 0 bridgehead atoms. The molecule has 0 saturated carbocycles. The highest BCUT2D eigenvalue weighted by Gasteiger charge is 2.15. The Bertz CT molecular complexity index is 476. The lowest BCUT2D eigenvalue weighted by atomic mass is 10.1. The molecule has 0 radical (unpaired) electrons. The molecule has 4 N–H and O–H groups in total. The smallest absolute Gasteiger partial charge is 0.322 e. The normalized spacial score (nSPS) is 11.5. The van der Waals surface area contributed by atoms with Crippen molar-refractivity contribution in [3.8, 4) is 0 Å². The quantitative estimate of drug-likeness (QED) is 0.576. The lowest BCUT2D eigenvalue weighted by Gasteiger charge is -2.17. The molecular weight excluding hydrogens is 294 g/mol. The van der Waals surface area contributed by atoms with Gasteiger partial charge in [0.1, 0.15) is 6.54 Å². The van der Waals surface area contributed by atoms with Crippen molar-refractivity contribution >= 4 is 29.2 Å². The van der Waals surface area contributed by atoms with Crippen LogP contribution in [-0.4, -0.2) is 36.1 Å². The molecule has 1 atom stereocenters. The molecule has 1 aromatic heterocycles. The molecule has 0 saturated heterocycles. The molecule has 116 valence electrons. The SMILES string of the molecule is CCCC(NC(=O)NCC(=O)NCC(=O)O)c1cccs1. The number of nitrogens with one attached hydrogen (secondary N) is 3. The third-order valence-corrected chi connectivity index (χ3v) is 3.60. The number of carbonyl (C=O) groups is 3. The third-order valence-electron chi connectivity index (χ3n) is 2.62. The Hall–Kier alpha value is -2.09. The number of amides is 3. The van der Waals surface area contributed by atoms with Crippen molar-refractivity contribution in [2.24, 2.45) is 0 Å². The fourth-order valence-electron chi connectivity index (χ4n) is 1.67. The van der Waals surface area contributed by atoms with Gasteiger partial charge in [-0.1, -0.05) is 19.4 Å². The first-order chi connectivity index (χ1) is 10.0. The molecule has 0 aliphatic heterocycles. The minimum absolute atomic E-state index is 0.0860. The van der Waals surface area contributed by atoms with Gasteiger partial charge in [0.05, 0.1) is 12.6 Å². The van der Waals surface area contributed by atoms with Gasteiger partial charge in [-0.05, 0) is 17.9 Å². The van der Waals surface area contributed by atoms with Crippen LogP contribution in [0.15, 0.2) is 17.5 Å². The number of rotatable bonds is 8. The molecule has 1 rings (SSSR count). The molecule has 8 heteroatoms. The zero-order chi connectivity index (χ0) is 15.7. The maximum absolute atomic E-state index is 11.8. The van der Waals surface area contributed by atoms with Crippen LogP contribution in [0, 0.1) is 0 Å². The zero-order valence-electron chi connectivity index (χ0n) is 11.7. The Morgan fingerprint density at radius 1 is 1.29 bits per heavy atom. The van der Waals surface area contributed by atoms with E-state index in [1.165, 1.54) is 0 Å². The first kappa shape index (κ1) is 17.0. The summed E-state index contributed by atoms with van der Waals surface area (Å²) in [6.45, 7) is 1.30. The number of thiophene rings is 1. The summed E-state index contributed by atoms with van der Waals surface area (Å²) >= 11 is 1.56. The van der Waals surface area contributed by atoms with Crippen LogP contribution in [0.2, 0.25) is 0 Å². The van der Waals surface area contributed by atoms with Gasteiger partial charge in [-0.15, -0.1) is 11.3 Å². The average Bonchev–Trinajstić information content (AvgIpc) is 2.96. The molecule has 21 heavy (non-hydrogen) atoms. The van der Waals surface area contributed by atoms with Gasteiger partial charge in [-0.2, -0.15) is 0 Å².